The van der Waals surface area contributed by atoms with Crippen molar-refractivity contribution in [2.75, 3.05) is 6.54 Å². The highest BCUT2D eigenvalue weighted by Crippen LogP contribution is 2.51. The van der Waals surface area contributed by atoms with Gasteiger partial charge in [0.25, 0.3) is 0 Å². The number of hydrogen-bond donors (Lipinski definition) is 2. The number of carboxylic acid groups (broad SMARTS) is 1. The molecule has 2 atom stereocenters. The Hall–Kier alpha value is -1.66. The van der Waals surface area contributed by atoms with Gasteiger partial charge in [0.2, 0.25) is 0 Å². The number of rotatable bonds is 2. The Morgan fingerprint density at radius 2 is 2.00 bits per heavy atom. The molecule has 26 heavy (non-hydrogen) atoms. The van der Waals surface area contributed by atoms with Crippen molar-refractivity contribution in [1.29, 1.82) is 0 Å². The molecular weight excluding hydrogens is 396 g/mol. The van der Waals surface area contributed by atoms with Gasteiger partial charge in [-0.1, -0.05) is 39.0 Å². The number of para-hydroxylation sites is 1. The maximum atomic E-state index is 12.1. The average Bonchev–Trinajstić information content (AvgIpc) is 2.59. The van der Waals surface area contributed by atoms with Crippen molar-refractivity contribution in [1.82, 2.24) is 9.88 Å². The minimum Gasteiger partial charge on any atom is -0.465 e. The van der Waals surface area contributed by atoms with Gasteiger partial charge in [0.05, 0.1) is 11.1 Å². The lowest BCUT2D eigenvalue weighted by molar-refractivity contribution is -0.106. The first-order valence-corrected chi connectivity index (χ1v) is 9.71. The molecule has 1 amide bonds. The van der Waals surface area contributed by atoms with Crippen molar-refractivity contribution in [3.63, 3.8) is 0 Å². The number of aromatic nitrogens is 1. The Morgan fingerprint density at radius 3 is 2.65 bits per heavy atom. The monoisotopic (exact) mass is 420 g/mol. The molecule has 140 valence electrons. The van der Waals surface area contributed by atoms with Crippen LogP contribution in [0.5, 0.6) is 0 Å². The van der Waals surface area contributed by atoms with Crippen LogP contribution < -0.4 is 0 Å². The Bertz CT molecular complexity index is 833. The van der Waals surface area contributed by atoms with E-state index in [1.807, 2.05) is 51.1 Å². The Morgan fingerprint density at radius 1 is 1.31 bits per heavy atom. The maximum absolute atomic E-state index is 12.1. The number of piperidine rings is 1. The fourth-order valence-corrected chi connectivity index (χ4v) is 4.83. The molecule has 0 bridgehead atoms. The molecule has 1 aromatic heterocycles. The van der Waals surface area contributed by atoms with Gasteiger partial charge in [-0.15, -0.1) is 0 Å². The van der Waals surface area contributed by atoms with Crippen molar-refractivity contribution in [2.24, 2.45) is 5.41 Å². The molecule has 2 aromatic rings. The molecule has 0 spiro atoms. The number of hydrogen-bond acceptors (Lipinski definition) is 3. The summed E-state index contributed by atoms with van der Waals surface area (Å²) in [5, 5.41) is 22.4. The molecular formula is C20H25BrN2O3. The summed E-state index contributed by atoms with van der Waals surface area (Å²) in [7, 11) is 0. The average molecular weight is 421 g/mol. The number of aliphatic hydroxyl groups is 1. The summed E-state index contributed by atoms with van der Waals surface area (Å²) in [6.45, 7) is 6.47. The van der Waals surface area contributed by atoms with Gasteiger partial charge >= 0.3 is 6.09 Å². The van der Waals surface area contributed by atoms with Gasteiger partial charge in [0.15, 0.2) is 0 Å². The van der Waals surface area contributed by atoms with Gasteiger partial charge in [0, 0.05) is 11.9 Å². The number of likely N-dealkylation sites (tertiary alicyclic amines) is 1. The highest BCUT2D eigenvalue weighted by molar-refractivity contribution is 9.10. The van der Waals surface area contributed by atoms with Crippen molar-refractivity contribution in [3.8, 4) is 0 Å². The van der Waals surface area contributed by atoms with Gasteiger partial charge in [0.1, 0.15) is 10.7 Å². The predicted molar refractivity (Wildman–Crippen MR) is 105 cm³/mol. The quantitative estimate of drug-likeness (QED) is 0.671. The van der Waals surface area contributed by atoms with E-state index in [0.29, 0.717) is 23.1 Å². The fourth-order valence-electron chi connectivity index (χ4n) is 4.39. The topological polar surface area (TPSA) is 73.7 Å². The number of nitrogens with zero attached hydrogens (tertiary/aromatic N) is 2. The molecule has 1 fully saturated rings. The minimum atomic E-state index is -0.976. The van der Waals surface area contributed by atoms with E-state index in [9.17, 15) is 15.0 Å². The van der Waals surface area contributed by atoms with Crippen LogP contribution in [0.15, 0.2) is 34.9 Å². The van der Waals surface area contributed by atoms with Gasteiger partial charge < -0.3 is 10.2 Å². The normalized spacial score (nSPS) is 22.4. The largest absolute Gasteiger partial charge is 0.465 e. The second-order valence-corrected chi connectivity index (χ2v) is 8.83. The van der Waals surface area contributed by atoms with Gasteiger partial charge in [-0.05, 0) is 58.3 Å². The van der Waals surface area contributed by atoms with Crippen LogP contribution in [0.25, 0.3) is 10.9 Å². The lowest BCUT2D eigenvalue weighted by Crippen LogP contribution is -2.64. The standard InChI is InChI=1S/C20H25BrN2O3/c1-19(2,3)20(10-6-7-11-23(20)18(25)26)17(24)14-12-16(21)22-15-9-5-4-8-13(14)15/h4-5,8-9,12,17,24H,6-7,10-11H2,1-3H3,(H,25,26)/t17-,20+/m0/s1. The van der Waals surface area contributed by atoms with Crippen LogP contribution >= 0.6 is 15.9 Å². The number of benzene rings is 1. The Kier molecular flexibility index (Phi) is 5.01. The molecule has 1 aliphatic rings. The van der Waals surface area contributed by atoms with E-state index < -0.39 is 23.2 Å². The van der Waals surface area contributed by atoms with Gasteiger partial charge in [-0.3, -0.25) is 4.90 Å². The summed E-state index contributed by atoms with van der Waals surface area (Å²) >= 11 is 3.44. The summed E-state index contributed by atoms with van der Waals surface area (Å²) < 4.78 is 0.631. The first-order valence-electron chi connectivity index (χ1n) is 8.92. The lowest BCUT2D eigenvalue weighted by Gasteiger charge is -2.56. The Labute approximate surface area is 162 Å². The van der Waals surface area contributed by atoms with Crippen LogP contribution in [0, 0.1) is 5.41 Å². The molecule has 6 heteroatoms. The molecule has 2 N–H and O–H groups in total. The third kappa shape index (κ3) is 2.99. The van der Waals surface area contributed by atoms with E-state index in [1.165, 1.54) is 4.90 Å². The zero-order valence-electron chi connectivity index (χ0n) is 15.4. The van der Waals surface area contributed by atoms with E-state index in [-0.39, 0.29) is 0 Å². The van der Waals surface area contributed by atoms with Crippen LogP contribution in [0.4, 0.5) is 4.79 Å². The second kappa shape index (κ2) is 6.82. The van der Waals surface area contributed by atoms with Crippen LogP contribution in [0.3, 0.4) is 0 Å². The number of fused-ring (bicyclic) bond motifs is 1. The number of carbonyl (C=O) groups is 1. The molecule has 1 saturated heterocycles. The number of aliphatic hydroxyl groups excluding tert-OH is 1. The highest BCUT2D eigenvalue weighted by Gasteiger charge is 2.55. The molecule has 1 aliphatic heterocycles. The summed E-state index contributed by atoms with van der Waals surface area (Å²) in [5.41, 5.74) is 0.145. The second-order valence-electron chi connectivity index (χ2n) is 8.02. The van der Waals surface area contributed by atoms with E-state index in [0.717, 1.165) is 23.7 Å². The van der Waals surface area contributed by atoms with Crippen molar-refractivity contribution in [2.45, 2.75) is 51.7 Å². The van der Waals surface area contributed by atoms with E-state index in [4.69, 9.17) is 0 Å². The van der Waals surface area contributed by atoms with E-state index in [1.54, 1.807) is 0 Å². The van der Waals surface area contributed by atoms with Gasteiger partial charge in [-0.2, -0.15) is 0 Å². The van der Waals surface area contributed by atoms with E-state index in [2.05, 4.69) is 20.9 Å². The third-order valence-corrected chi connectivity index (χ3v) is 6.07. The molecule has 0 aliphatic carbocycles. The SMILES string of the molecule is CC(C)(C)[C@]1([C@@H](O)c2cc(Br)nc3ccccc23)CCCCN1C(=O)O. The zero-order chi connectivity index (χ0) is 19.1. The smallest absolute Gasteiger partial charge is 0.407 e. The Balaban J connectivity index is 2.25. The summed E-state index contributed by atoms with van der Waals surface area (Å²) in [5.74, 6) is 0. The number of pyridine rings is 1. The predicted octanol–water partition coefficient (Wildman–Crippen LogP) is 4.98. The zero-order valence-corrected chi connectivity index (χ0v) is 17.0. The number of amides is 1. The summed E-state index contributed by atoms with van der Waals surface area (Å²) in [6, 6.07) is 9.46. The third-order valence-electron chi connectivity index (χ3n) is 5.66. The molecule has 0 radical (unpaired) electrons. The lowest BCUT2D eigenvalue weighted by atomic mass is 9.63. The van der Waals surface area contributed by atoms with Gasteiger partial charge in [-0.25, -0.2) is 9.78 Å². The first kappa shape index (κ1) is 19.1. The molecule has 3 rings (SSSR count). The fraction of sp³-hybridized carbons (Fsp3) is 0.500. The molecule has 2 heterocycles. The van der Waals surface area contributed by atoms with Crippen molar-refractivity contribution < 1.29 is 15.0 Å². The number of halogens is 1. The van der Waals surface area contributed by atoms with Crippen molar-refractivity contribution in [3.05, 3.63) is 40.5 Å². The van der Waals surface area contributed by atoms with Crippen LogP contribution in [-0.4, -0.2) is 38.3 Å². The first-order chi connectivity index (χ1) is 12.2. The maximum Gasteiger partial charge on any atom is 0.407 e. The highest BCUT2D eigenvalue weighted by atomic mass is 79.9. The minimum absolute atomic E-state index is 0.438. The summed E-state index contributed by atoms with van der Waals surface area (Å²) in [6.07, 6.45) is 0.400. The summed E-state index contributed by atoms with van der Waals surface area (Å²) in [4.78, 5) is 18.0. The molecule has 0 saturated carbocycles. The molecule has 1 aromatic carbocycles. The van der Waals surface area contributed by atoms with E-state index >= 15 is 0 Å². The molecule has 0 unspecified atom stereocenters. The molecule has 5 nitrogen and oxygen atoms in total. The van der Waals surface area contributed by atoms with Crippen LogP contribution in [-0.2, 0) is 0 Å². The van der Waals surface area contributed by atoms with Crippen LogP contribution in [0.1, 0.15) is 51.7 Å². The van der Waals surface area contributed by atoms with Crippen molar-refractivity contribution >= 4 is 32.9 Å². The van der Waals surface area contributed by atoms with Crippen LogP contribution in [0.2, 0.25) is 0 Å².